The Kier molecular flexibility index (Phi) is 0.750. The van der Waals surface area contributed by atoms with Gasteiger partial charge in [0.1, 0.15) is 0 Å². The van der Waals surface area contributed by atoms with Gasteiger partial charge in [0.05, 0.1) is 5.41 Å². The van der Waals surface area contributed by atoms with Crippen molar-refractivity contribution in [2.45, 2.75) is 18.9 Å². The molecule has 0 unspecified atom stereocenters. The molecule has 2 N–H and O–H groups in total. The first-order chi connectivity index (χ1) is 4.26. The van der Waals surface area contributed by atoms with Crippen LogP contribution in [0.4, 0.5) is 0 Å². The molecule has 50 valence electrons. The molecule has 1 heterocycles. The van der Waals surface area contributed by atoms with Gasteiger partial charge in [-0.15, -0.1) is 0 Å². The molecule has 0 aromatic carbocycles. The number of hydrogen-bond acceptors (Lipinski definition) is 2. The van der Waals surface area contributed by atoms with Gasteiger partial charge < -0.3 is 10.4 Å². The van der Waals surface area contributed by atoms with Crippen molar-refractivity contribution < 1.29 is 9.90 Å². The summed E-state index contributed by atoms with van der Waals surface area (Å²) in [6.45, 7) is 0.886. The van der Waals surface area contributed by atoms with E-state index in [-0.39, 0.29) is 5.41 Å². The summed E-state index contributed by atoms with van der Waals surface area (Å²) in [6, 6.07) is 0.301. The summed E-state index contributed by atoms with van der Waals surface area (Å²) >= 11 is 0. The topological polar surface area (TPSA) is 49.3 Å². The van der Waals surface area contributed by atoms with E-state index in [4.69, 9.17) is 5.11 Å². The van der Waals surface area contributed by atoms with Gasteiger partial charge in [-0.1, -0.05) is 0 Å². The Labute approximate surface area is 53.1 Å². The van der Waals surface area contributed by atoms with Crippen molar-refractivity contribution in [3.05, 3.63) is 0 Å². The lowest BCUT2D eigenvalue weighted by molar-refractivity contribution is -0.143. The zero-order valence-electron chi connectivity index (χ0n) is 5.05. The van der Waals surface area contributed by atoms with Crippen LogP contribution < -0.4 is 5.32 Å². The predicted molar refractivity (Wildman–Crippen MR) is 31.1 cm³/mol. The van der Waals surface area contributed by atoms with Gasteiger partial charge in [0.2, 0.25) is 0 Å². The molecule has 9 heavy (non-hydrogen) atoms. The summed E-state index contributed by atoms with van der Waals surface area (Å²) in [5.74, 6) is -0.613. The highest BCUT2D eigenvalue weighted by atomic mass is 16.4. The highest BCUT2D eigenvalue weighted by Gasteiger charge is 2.62. The summed E-state index contributed by atoms with van der Waals surface area (Å²) < 4.78 is 0. The lowest BCUT2D eigenvalue weighted by atomic mass is 10.1. The van der Waals surface area contributed by atoms with E-state index in [1.807, 2.05) is 0 Å². The van der Waals surface area contributed by atoms with Crippen LogP contribution in [0.1, 0.15) is 12.8 Å². The average molecular weight is 127 g/mol. The molecule has 0 aromatic heterocycles. The lowest BCUT2D eigenvalue weighted by Crippen LogP contribution is -2.16. The van der Waals surface area contributed by atoms with E-state index < -0.39 is 5.97 Å². The molecular formula is C6H9NO2. The average Bonchev–Trinajstić information content (AvgIpc) is 2.38. The number of nitrogens with one attached hydrogen (secondary N) is 1. The van der Waals surface area contributed by atoms with Gasteiger partial charge >= 0.3 is 5.97 Å². The molecule has 0 radical (unpaired) electrons. The second-order valence-corrected chi connectivity index (χ2v) is 2.92. The van der Waals surface area contributed by atoms with E-state index in [2.05, 4.69) is 5.32 Å². The third-order valence-corrected chi connectivity index (χ3v) is 2.46. The van der Waals surface area contributed by atoms with Crippen molar-refractivity contribution in [1.29, 1.82) is 0 Å². The fourth-order valence-electron chi connectivity index (χ4n) is 1.66. The van der Waals surface area contributed by atoms with Gasteiger partial charge in [0.25, 0.3) is 0 Å². The minimum absolute atomic E-state index is 0.301. The van der Waals surface area contributed by atoms with E-state index in [0.29, 0.717) is 6.04 Å². The SMILES string of the molecule is O=C(O)[C@]12CCN[C@@H]1C2. The highest BCUT2D eigenvalue weighted by molar-refractivity contribution is 5.80. The summed E-state index contributed by atoms with van der Waals surface area (Å²) in [7, 11) is 0. The smallest absolute Gasteiger partial charge is 0.311 e. The Balaban J connectivity index is 2.19. The number of rotatable bonds is 1. The predicted octanol–water partition coefficient (Wildman–Crippen LogP) is -0.177. The fraction of sp³-hybridized carbons (Fsp3) is 0.833. The molecule has 2 rings (SSSR count). The van der Waals surface area contributed by atoms with Crippen molar-refractivity contribution in [3.63, 3.8) is 0 Å². The molecule has 0 amide bonds. The summed E-state index contributed by atoms with van der Waals surface area (Å²) in [4.78, 5) is 10.5. The molecular weight excluding hydrogens is 118 g/mol. The van der Waals surface area contributed by atoms with Crippen LogP contribution >= 0.6 is 0 Å². The summed E-state index contributed by atoms with van der Waals surface area (Å²) in [5.41, 5.74) is -0.333. The van der Waals surface area contributed by atoms with Crippen LogP contribution in [0.3, 0.4) is 0 Å². The second-order valence-electron chi connectivity index (χ2n) is 2.92. The van der Waals surface area contributed by atoms with E-state index in [1.165, 1.54) is 0 Å². The van der Waals surface area contributed by atoms with Crippen LogP contribution in [0.15, 0.2) is 0 Å². The quantitative estimate of drug-likeness (QED) is 0.514. The molecule has 1 aliphatic carbocycles. The summed E-state index contributed by atoms with van der Waals surface area (Å²) in [5, 5.41) is 11.8. The van der Waals surface area contributed by atoms with Crippen LogP contribution in [0.25, 0.3) is 0 Å². The molecule has 3 nitrogen and oxygen atoms in total. The molecule has 1 aliphatic heterocycles. The molecule has 1 saturated carbocycles. The minimum Gasteiger partial charge on any atom is -0.481 e. The normalized spacial score (nSPS) is 46.4. The number of hydrogen-bond donors (Lipinski definition) is 2. The van der Waals surface area contributed by atoms with Gasteiger partial charge in [-0.2, -0.15) is 0 Å². The van der Waals surface area contributed by atoms with Gasteiger partial charge in [-0.05, 0) is 19.4 Å². The second kappa shape index (κ2) is 1.29. The van der Waals surface area contributed by atoms with Crippen LogP contribution in [-0.4, -0.2) is 23.7 Å². The third-order valence-electron chi connectivity index (χ3n) is 2.46. The zero-order valence-corrected chi connectivity index (χ0v) is 5.05. The highest BCUT2D eigenvalue weighted by Crippen LogP contribution is 2.52. The zero-order chi connectivity index (χ0) is 6.48. The minimum atomic E-state index is -0.613. The van der Waals surface area contributed by atoms with Crippen LogP contribution in [0, 0.1) is 5.41 Å². The molecule has 0 aromatic rings. The number of fused-ring (bicyclic) bond motifs is 1. The first-order valence-corrected chi connectivity index (χ1v) is 3.22. The van der Waals surface area contributed by atoms with Crippen molar-refractivity contribution >= 4 is 5.97 Å². The van der Waals surface area contributed by atoms with Crippen molar-refractivity contribution in [3.8, 4) is 0 Å². The number of carboxylic acids is 1. The van der Waals surface area contributed by atoms with Crippen LogP contribution in [-0.2, 0) is 4.79 Å². The molecule has 2 atom stereocenters. The summed E-state index contributed by atoms with van der Waals surface area (Å²) in [6.07, 6.45) is 1.68. The Hall–Kier alpha value is -0.570. The molecule has 0 spiro atoms. The van der Waals surface area contributed by atoms with E-state index in [0.717, 1.165) is 19.4 Å². The monoisotopic (exact) mass is 127 g/mol. The Morgan fingerprint density at radius 3 is 2.78 bits per heavy atom. The Morgan fingerprint density at radius 2 is 2.56 bits per heavy atom. The third kappa shape index (κ3) is 0.477. The maximum absolute atomic E-state index is 10.5. The Morgan fingerprint density at radius 1 is 1.78 bits per heavy atom. The first-order valence-electron chi connectivity index (χ1n) is 3.22. The molecule has 2 aliphatic rings. The molecule has 1 saturated heterocycles. The molecule has 2 fully saturated rings. The van der Waals surface area contributed by atoms with Crippen molar-refractivity contribution in [2.75, 3.05) is 6.54 Å². The van der Waals surface area contributed by atoms with Crippen molar-refractivity contribution in [1.82, 2.24) is 5.32 Å². The lowest BCUT2D eigenvalue weighted by Gasteiger charge is -2.00. The van der Waals surface area contributed by atoms with Gasteiger partial charge in [0.15, 0.2) is 0 Å². The van der Waals surface area contributed by atoms with Gasteiger partial charge in [-0.3, -0.25) is 4.79 Å². The maximum Gasteiger partial charge on any atom is 0.311 e. The van der Waals surface area contributed by atoms with Crippen LogP contribution in [0.2, 0.25) is 0 Å². The van der Waals surface area contributed by atoms with Crippen molar-refractivity contribution in [2.24, 2.45) is 5.41 Å². The number of aliphatic carboxylic acids is 1. The maximum atomic E-state index is 10.5. The first kappa shape index (κ1) is 5.23. The standard InChI is InChI=1S/C6H9NO2/c8-5(9)6-1-2-7-4(6)3-6/h4,7H,1-3H2,(H,8,9)/t4-,6+/m1/s1. The van der Waals surface area contributed by atoms with Gasteiger partial charge in [0, 0.05) is 6.04 Å². The Bertz CT molecular complexity index is 168. The number of piperidine rings is 1. The largest absolute Gasteiger partial charge is 0.481 e. The number of carboxylic acid groups (broad SMARTS) is 1. The van der Waals surface area contributed by atoms with E-state index in [1.54, 1.807) is 0 Å². The molecule has 0 bridgehead atoms. The van der Waals surface area contributed by atoms with Crippen LogP contribution in [0.5, 0.6) is 0 Å². The fourth-order valence-corrected chi connectivity index (χ4v) is 1.66. The molecule has 3 heteroatoms. The van der Waals surface area contributed by atoms with E-state index in [9.17, 15) is 4.79 Å². The van der Waals surface area contributed by atoms with E-state index >= 15 is 0 Å². The van der Waals surface area contributed by atoms with Gasteiger partial charge in [-0.25, -0.2) is 0 Å². The number of carbonyl (C=O) groups is 1.